The lowest BCUT2D eigenvalue weighted by atomic mass is 10.1. The summed E-state index contributed by atoms with van der Waals surface area (Å²) in [5, 5.41) is 9.98. The Hall–Kier alpha value is -2.15. The van der Waals surface area contributed by atoms with E-state index in [0.29, 0.717) is 11.4 Å². The fraction of sp³-hybridized carbons (Fsp3) is 0.111. The van der Waals surface area contributed by atoms with Crippen LogP contribution in [-0.4, -0.2) is 16.1 Å². The second kappa shape index (κ2) is 7.41. The smallest absolute Gasteiger partial charge is 0.257 e. The molecule has 0 saturated carbocycles. The van der Waals surface area contributed by atoms with Crippen LogP contribution in [0.15, 0.2) is 60.7 Å². The highest BCUT2D eigenvalue weighted by molar-refractivity contribution is 14.1. The number of aromatic nitrogens is 2. The van der Waals surface area contributed by atoms with E-state index in [4.69, 9.17) is 0 Å². The zero-order valence-electron chi connectivity index (χ0n) is 12.4. The fourth-order valence-corrected chi connectivity index (χ4v) is 2.94. The number of benzene rings is 2. The van der Waals surface area contributed by atoms with E-state index in [1.165, 1.54) is 5.56 Å². The van der Waals surface area contributed by atoms with E-state index in [1.54, 1.807) is 6.07 Å². The molecule has 0 unspecified atom stereocenters. The van der Waals surface area contributed by atoms with E-state index in [2.05, 4.69) is 50.2 Å². The number of H-pyrrole nitrogens is 1. The largest absolute Gasteiger partial charge is 0.305 e. The van der Waals surface area contributed by atoms with Gasteiger partial charge in [-0.1, -0.05) is 42.5 Å². The summed E-state index contributed by atoms with van der Waals surface area (Å²) in [6.07, 6.45) is 1.79. The van der Waals surface area contributed by atoms with Gasteiger partial charge in [0.2, 0.25) is 0 Å². The highest BCUT2D eigenvalue weighted by Crippen LogP contribution is 2.15. The molecule has 0 fully saturated rings. The van der Waals surface area contributed by atoms with Crippen molar-refractivity contribution in [1.29, 1.82) is 0 Å². The van der Waals surface area contributed by atoms with Crippen LogP contribution in [0.5, 0.6) is 0 Å². The number of aromatic amines is 1. The van der Waals surface area contributed by atoms with Gasteiger partial charge in [-0.3, -0.25) is 9.89 Å². The van der Waals surface area contributed by atoms with Gasteiger partial charge in [-0.2, -0.15) is 5.10 Å². The predicted molar refractivity (Wildman–Crippen MR) is 99.5 cm³/mol. The summed E-state index contributed by atoms with van der Waals surface area (Å²) in [6.45, 7) is 0. The maximum absolute atomic E-state index is 12.3. The molecule has 0 atom stereocenters. The molecular formula is C18H16IN3O. The lowest BCUT2D eigenvalue weighted by Crippen LogP contribution is -2.13. The first-order valence-corrected chi connectivity index (χ1v) is 8.44. The van der Waals surface area contributed by atoms with Crippen LogP contribution in [0.3, 0.4) is 0 Å². The number of halogens is 1. The first-order valence-electron chi connectivity index (χ1n) is 7.36. The number of rotatable bonds is 5. The van der Waals surface area contributed by atoms with Crippen LogP contribution in [-0.2, 0) is 12.8 Å². The molecule has 23 heavy (non-hydrogen) atoms. The fourth-order valence-electron chi connectivity index (χ4n) is 2.31. The number of carbonyl (C=O) groups is 1. The van der Waals surface area contributed by atoms with Gasteiger partial charge < -0.3 is 5.32 Å². The monoisotopic (exact) mass is 417 g/mol. The molecule has 0 radical (unpaired) electrons. The molecule has 116 valence electrons. The highest BCUT2D eigenvalue weighted by Gasteiger charge is 2.11. The van der Waals surface area contributed by atoms with Gasteiger partial charge >= 0.3 is 0 Å². The Morgan fingerprint density at radius 1 is 1.04 bits per heavy atom. The van der Waals surface area contributed by atoms with E-state index in [9.17, 15) is 4.79 Å². The molecule has 0 aliphatic carbocycles. The van der Waals surface area contributed by atoms with Crippen molar-refractivity contribution in [2.75, 3.05) is 5.32 Å². The van der Waals surface area contributed by atoms with Crippen molar-refractivity contribution in [1.82, 2.24) is 10.2 Å². The summed E-state index contributed by atoms with van der Waals surface area (Å²) in [5.41, 5.74) is 2.94. The molecule has 0 saturated heterocycles. The Morgan fingerprint density at radius 2 is 1.78 bits per heavy atom. The minimum absolute atomic E-state index is 0.142. The van der Waals surface area contributed by atoms with Crippen LogP contribution in [0, 0.1) is 3.57 Å². The molecule has 3 aromatic rings. The lowest BCUT2D eigenvalue weighted by Gasteiger charge is -2.03. The second-order valence-electron chi connectivity index (χ2n) is 5.20. The number of hydrogen-bond acceptors (Lipinski definition) is 2. The molecule has 4 nitrogen and oxygen atoms in total. The third-order valence-corrected chi connectivity index (χ3v) is 4.46. The molecule has 0 aliphatic rings. The number of carbonyl (C=O) groups excluding carboxylic acids is 1. The Bertz CT molecular complexity index is 799. The number of hydrogen-bond donors (Lipinski definition) is 2. The number of nitrogens with zero attached hydrogens (tertiary/aromatic N) is 1. The summed E-state index contributed by atoms with van der Waals surface area (Å²) >= 11 is 2.15. The van der Waals surface area contributed by atoms with E-state index < -0.39 is 0 Å². The average molecular weight is 417 g/mol. The van der Waals surface area contributed by atoms with Crippen molar-refractivity contribution in [3.05, 3.63) is 81.1 Å². The van der Waals surface area contributed by atoms with Gasteiger partial charge in [0.05, 0.1) is 5.56 Å². The summed E-state index contributed by atoms with van der Waals surface area (Å²) in [4.78, 5) is 12.3. The molecule has 2 aromatic carbocycles. The first-order chi connectivity index (χ1) is 11.2. The van der Waals surface area contributed by atoms with Gasteiger partial charge in [0, 0.05) is 15.3 Å². The third kappa shape index (κ3) is 4.19. The normalized spacial score (nSPS) is 10.5. The van der Waals surface area contributed by atoms with Crippen molar-refractivity contribution in [2.24, 2.45) is 0 Å². The zero-order chi connectivity index (χ0) is 16.1. The Balaban J connectivity index is 1.61. The minimum Gasteiger partial charge on any atom is -0.305 e. The predicted octanol–water partition coefficient (Wildman–Crippen LogP) is 4.05. The molecule has 1 heterocycles. The van der Waals surface area contributed by atoms with Crippen LogP contribution < -0.4 is 5.32 Å². The molecular weight excluding hydrogens is 401 g/mol. The van der Waals surface area contributed by atoms with Crippen LogP contribution in [0.1, 0.15) is 21.6 Å². The Morgan fingerprint density at radius 3 is 2.57 bits per heavy atom. The van der Waals surface area contributed by atoms with E-state index in [1.807, 2.05) is 42.5 Å². The molecule has 3 rings (SSSR count). The molecule has 5 heteroatoms. The second-order valence-corrected chi connectivity index (χ2v) is 6.36. The van der Waals surface area contributed by atoms with E-state index in [-0.39, 0.29) is 5.91 Å². The van der Waals surface area contributed by atoms with Crippen LogP contribution >= 0.6 is 22.6 Å². The standard InChI is InChI=1S/C18H16IN3O/c19-16-9-5-4-8-15(16)18(23)20-17-12-14(21-22-17)11-10-13-6-2-1-3-7-13/h1-9,12H,10-11H2,(H2,20,21,22,23). The maximum atomic E-state index is 12.3. The summed E-state index contributed by atoms with van der Waals surface area (Å²) < 4.78 is 0.919. The average Bonchev–Trinajstić information content (AvgIpc) is 3.02. The molecule has 1 amide bonds. The Labute approximate surface area is 148 Å². The first kappa shape index (κ1) is 15.7. The summed E-state index contributed by atoms with van der Waals surface area (Å²) in [7, 11) is 0. The molecule has 0 spiro atoms. The highest BCUT2D eigenvalue weighted by atomic mass is 127. The van der Waals surface area contributed by atoms with Gasteiger partial charge in [-0.25, -0.2) is 0 Å². The lowest BCUT2D eigenvalue weighted by molar-refractivity contribution is 0.102. The molecule has 0 bridgehead atoms. The van der Waals surface area contributed by atoms with Gasteiger partial charge in [-0.05, 0) is 53.1 Å². The van der Waals surface area contributed by atoms with Crippen molar-refractivity contribution >= 4 is 34.3 Å². The molecule has 1 aromatic heterocycles. The van der Waals surface area contributed by atoms with Crippen LogP contribution in [0.2, 0.25) is 0 Å². The van der Waals surface area contributed by atoms with E-state index >= 15 is 0 Å². The number of amides is 1. The van der Waals surface area contributed by atoms with Crippen molar-refractivity contribution in [3.8, 4) is 0 Å². The maximum Gasteiger partial charge on any atom is 0.257 e. The Kier molecular flexibility index (Phi) is 5.07. The SMILES string of the molecule is O=C(Nc1cc(CCc2ccccc2)[nH]n1)c1ccccc1I. The minimum atomic E-state index is -0.142. The van der Waals surface area contributed by atoms with Gasteiger partial charge in [0.15, 0.2) is 5.82 Å². The summed E-state index contributed by atoms with van der Waals surface area (Å²) in [5.74, 6) is 0.411. The quantitative estimate of drug-likeness (QED) is 0.616. The van der Waals surface area contributed by atoms with Crippen molar-refractivity contribution in [3.63, 3.8) is 0 Å². The molecule has 0 aliphatic heterocycles. The number of aryl methyl sites for hydroxylation is 2. The molecule has 2 N–H and O–H groups in total. The number of anilines is 1. The summed E-state index contributed by atoms with van der Waals surface area (Å²) in [6, 6.07) is 19.7. The topological polar surface area (TPSA) is 57.8 Å². The van der Waals surface area contributed by atoms with Crippen LogP contribution in [0.4, 0.5) is 5.82 Å². The van der Waals surface area contributed by atoms with Gasteiger partial charge in [0.25, 0.3) is 5.91 Å². The van der Waals surface area contributed by atoms with Crippen molar-refractivity contribution < 1.29 is 4.79 Å². The van der Waals surface area contributed by atoms with Gasteiger partial charge in [0.1, 0.15) is 0 Å². The van der Waals surface area contributed by atoms with Crippen LogP contribution in [0.25, 0.3) is 0 Å². The van der Waals surface area contributed by atoms with E-state index in [0.717, 1.165) is 22.1 Å². The zero-order valence-corrected chi connectivity index (χ0v) is 14.6. The number of nitrogens with one attached hydrogen (secondary N) is 2. The third-order valence-electron chi connectivity index (χ3n) is 3.52. The van der Waals surface area contributed by atoms with Crippen molar-refractivity contribution in [2.45, 2.75) is 12.8 Å². The van der Waals surface area contributed by atoms with Gasteiger partial charge in [-0.15, -0.1) is 0 Å².